The summed E-state index contributed by atoms with van der Waals surface area (Å²) in [5.41, 5.74) is 0. The smallest absolute Gasteiger partial charge is 0.166 e. The van der Waals surface area contributed by atoms with E-state index in [-0.39, 0.29) is 25.9 Å². The van der Waals surface area contributed by atoms with Crippen molar-refractivity contribution in [1.29, 1.82) is 0 Å². The highest BCUT2D eigenvalue weighted by atomic mass is 19.1. The number of alkyl halides is 2. The summed E-state index contributed by atoms with van der Waals surface area (Å²) in [6.07, 6.45) is 28.3. The Hall–Kier alpha value is -0.780. The fraction of sp³-hybridized carbons (Fsp3) is 0.867. The summed E-state index contributed by atoms with van der Waals surface area (Å²) >= 11 is 0. The van der Waals surface area contributed by atoms with Gasteiger partial charge in [0.1, 0.15) is 0 Å². The predicted octanol–water partition coefficient (Wildman–Crippen LogP) is 9.02. The second-order valence-electron chi connectivity index (χ2n) is 10.3. The Balaban J connectivity index is 1.67. The van der Waals surface area contributed by atoms with Gasteiger partial charge in [0.2, 0.25) is 0 Å². The molecule has 204 valence electrons. The van der Waals surface area contributed by atoms with Crippen molar-refractivity contribution < 1.29 is 23.0 Å². The molecule has 4 atom stereocenters. The zero-order valence-corrected chi connectivity index (χ0v) is 22.2. The molecular weight excluding hydrogens is 446 g/mol. The third kappa shape index (κ3) is 14.5. The largest absolute Gasteiger partial charge is 0.352 e. The fourth-order valence-corrected chi connectivity index (χ4v) is 5.01. The quantitative estimate of drug-likeness (QED) is 0.124. The van der Waals surface area contributed by atoms with E-state index in [1.165, 1.54) is 38.5 Å². The highest BCUT2D eigenvalue weighted by Gasteiger charge is 2.32. The van der Waals surface area contributed by atoms with Crippen LogP contribution in [0.4, 0.5) is 8.78 Å². The molecule has 2 aliphatic rings. The maximum atomic E-state index is 12.1. The molecule has 0 N–H and O–H groups in total. The Morgan fingerprint density at radius 2 is 0.971 bits per heavy atom. The highest BCUT2D eigenvalue weighted by molar-refractivity contribution is 4.94. The number of rotatable bonds is 20. The molecule has 0 bridgehead atoms. The van der Waals surface area contributed by atoms with Gasteiger partial charge in [-0.15, -0.1) is 0 Å². The molecule has 2 saturated heterocycles. The van der Waals surface area contributed by atoms with Gasteiger partial charge in [-0.2, -0.15) is 0 Å². The maximum Gasteiger partial charge on any atom is 0.166 e. The Bertz CT molecular complexity index is 494. The molecule has 2 fully saturated rings. The van der Waals surface area contributed by atoms with E-state index >= 15 is 0 Å². The monoisotopic (exact) mass is 498 g/mol. The van der Waals surface area contributed by atoms with Crippen LogP contribution in [-0.2, 0) is 14.2 Å². The predicted molar refractivity (Wildman–Crippen MR) is 141 cm³/mol. The number of halogens is 2. The summed E-state index contributed by atoms with van der Waals surface area (Å²) in [5, 5.41) is 0. The van der Waals surface area contributed by atoms with Crippen molar-refractivity contribution in [3.63, 3.8) is 0 Å². The van der Waals surface area contributed by atoms with Crippen LogP contribution in [-0.4, -0.2) is 39.1 Å². The number of unbranched alkanes of at least 4 members (excludes halogenated alkanes) is 12. The van der Waals surface area contributed by atoms with Crippen LogP contribution in [0.5, 0.6) is 0 Å². The van der Waals surface area contributed by atoms with Gasteiger partial charge < -0.3 is 14.2 Å². The molecule has 0 aromatic rings. The minimum Gasteiger partial charge on any atom is -0.352 e. The van der Waals surface area contributed by atoms with Gasteiger partial charge in [-0.25, -0.2) is 0 Å². The molecule has 2 rings (SSSR count). The second kappa shape index (κ2) is 21.3. The molecule has 0 aromatic heterocycles. The number of allylic oxidation sites excluding steroid dienone is 2. The molecule has 4 unspecified atom stereocenters. The van der Waals surface area contributed by atoms with Gasteiger partial charge in [0, 0.05) is 25.0 Å². The average Bonchev–Trinajstić information content (AvgIpc) is 2.88. The first-order chi connectivity index (χ1) is 17.3. The van der Waals surface area contributed by atoms with Crippen LogP contribution in [0.3, 0.4) is 0 Å². The topological polar surface area (TPSA) is 27.7 Å². The molecule has 35 heavy (non-hydrogen) atoms. The SMILES string of the molecule is FCCCCCCCCC=CC1CCCOC1OC1OCCCC1C=CCCCCCCCCF. The molecule has 0 saturated carbocycles. The normalized spacial score (nSPS) is 25.7. The number of ether oxygens (including phenoxy) is 3. The summed E-state index contributed by atoms with van der Waals surface area (Å²) in [5.74, 6) is 0.585. The van der Waals surface area contributed by atoms with E-state index in [2.05, 4.69) is 24.3 Å². The molecule has 2 aliphatic heterocycles. The molecule has 0 radical (unpaired) electrons. The summed E-state index contributed by atoms with van der Waals surface area (Å²) in [4.78, 5) is 0. The van der Waals surface area contributed by atoms with Gasteiger partial charge in [-0.1, -0.05) is 75.7 Å². The van der Waals surface area contributed by atoms with Crippen molar-refractivity contribution in [2.45, 2.75) is 128 Å². The van der Waals surface area contributed by atoms with E-state index in [9.17, 15) is 8.78 Å². The van der Waals surface area contributed by atoms with E-state index in [1.807, 2.05) is 0 Å². The second-order valence-corrected chi connectivity index (χ2v) is 10.3. The van der Waals surface area contributed by atoms with Crippen molar-refractivity contribution in [3.8, 4) is 0 Å². The molecule has 0 spiro atoms. The van der Waals surface area contributed by atoms with Crippen molar-refractivity contribution in [1.82, 2.24) is 0 Å². The van der Waals surface area contributed by atoms with Crippen LogP contribution in [0.25, 0.3) is 0 Å². The third-order valence-corrected chi connectivity index (χ3v) is 7.17. The van der Waals surface area contributed by atoms with Gasteiger partial charge in [-0.3, -0.25) is 8.78 Å². The summed E-state index contributed by atoms with van der Waals surface area (Å²) in [7, 11) is 0. The van der Waals surface area contributed by atoms with Crippen LogP contribution < -0.4 is 0 Å². The van der Waals surface area contributed by atoms with Gasteiger partial charge in [0.25, 0.3) is 0 Å². The van der Waals surface area contributed by atoms with E-state index < -0.39 is 0 Å². The summed E-state index contributed by atoms with van der Waals surface area (Å²) in [6.45, 7) is 1.16. The fourth-order valence-electron chi connectivity index (χ4n) is 5.01. The first kappa shape index (κ1) is 30.4. The molecule has 2 heterocycles. The van der Waals surface area contributed by atoms with Crippen LogP contribution in [0.2, 0.25) is 0 Å². The minimum atomic E-state index is -0.218. The molecule has 5 heteroatoms. The summed E-state index contributed by atoms with van der Waals surface area (Å²) in [6, 6.07) is 0. The van der Waals surface area contributed by atoms with Crippen molar-refractivity contribution in [2.75, 3.05) is 26.6 Å². The van der Waals surface area contributed by atoms with Gasteiger partial charge in [0.05, 0.1) is 13.3 Å². The van der Waals surface area contributed by atoms with E-state index in [4.69, 9.17) is 14.2 Å². The highest BCUT2D eigenvalue weighted by Crippen LogP contribution is 2.30. The molecule has 0 aromatic carbocycles. The van der Waals surface area contributed by atoms with Crippen molar-refractivity contribution >= 4 is 0 Å². The number of hydrogen-bond donors (Lipinski definition) is 0. The Labute approximate surface area is 214 Å². The minimum absolute atomic E-state index is 0.178. The standard InChI is InChI=1S/C30H52F2O3/c31-23-15-11-7-3-1-5-9-13-19-27-21-17-25-33-29(27)35-30-28(22-18-26-34-30)20-14-10-6-2-4-8-12-16-24-32/h13-14,19-20,27-30H,1-12,15-18,21-26H2. The van der Waals surface area contributed by atoms with E-state index in [0.717, 1.165) is 77.4 Å². The van der Waals surface area contributed by atoms with E-state index in [0.29, 0.717) is 24.7 Å². The van der Waals surface area contributed by atoms with Crippen LogP contribution >= 0.6 is 0 Å². The molecule has 0 amide bonds. The lowest BCUT2D eigenvalue weighted by atomic mass is 9.97. The van der Waals surface area contributed by atoms with E-state index in [1.54, 1.807) is 0 Å². The van der Waals surface area contributed by atoms with Gasteiger partial charge in [0.15, 0.2) is 12.6 Å². The first-order valence-electron chi connectivity index (χ1n) is 14.7. The Kier molecular flexibility index (Phi) is 18.5. The lowest BCUT2D eigenvalue weighted by Crippen LogP contribution is -2.40. The molecule has 0 aliphatic carbocycles. The third-order valence-electron chi connectivity index (χ3n) is 7.17. The van der Waals surface area contributed by atoms with Gasteiger partial charge >= 0.3 is 0 Å². The zero-order chi connectivity index (χ0) is 24.8. The van der Waals surface area contributed by atoms with Gasteiger partial charge in [-0.05, 0) is 64.2 Å². The maximum absolute atomic E-state index is 12.1. The zero-order valence-electron chi connectivity index (χ0n) is 22.2. The lowest BCUT2D eigenvalue weighted by Gasteiger charge is -2.36. The average molecular weight is 499 g/mol. The van der Waals surface area contributed by atoms with Crippen molar-refractivity contribution in [2.24, 2.45) is 11.8 Å². The number of hydrogen-bond acceptors (Lipinski definition) is 3. The summed E-state index contributed by atoms with van der Waals surface area (Å²) < 4.78 is 42.8. The van der Waals surface area contributed by atoms with Crippen molar-refractivity contribution in [3.05, 3.63) is 24.3 Å². The first-order valence-corrected chi connectivity index (χ1v) is 14.7. The lowest BCUT2D eigenvalue weighted by molar-refractivity contribution is -0.286. The Morgan fingerprint density at radius 1 is 0.571 bits per heavy atom. The van der Waals surface area contributed by atoms with Crippen LogP contribution in [0.1, 0.15) is 116 Å². The van der Waals surface area contributed by atoms with Crippen LogP contribution in [0, 0.1) is 11.8 Å². The Morgan fingerprint density at radius 3 is 1.40 bits per heavy atom. The molecular formula is C30H52F2O3. The molecule has 3 nitrogen and oxygen atoms in total. The van der Waals surface area contributed by atoms with Crippen LogP contribution in [0.15, 0.2) is 24.3 Å².